The van der Waals surface area contributed by atoms with Crippen molar-refractivity contribution in [1.82, 2.24) is 10.2 Å². The number of hydrogen-bond donors (Lipinski definition) is 1. The van der Waals surface area contributed by atoms with E-state index in [1.54, 1.807) is 6.07 Å². The molecule has 6 heteroatoms. The average molecular weight is 342 g/mol. The summed E-state index contributed by atoms with van der Waals surface area (Å²) in [7, 11) is 0. The summed E-state index contributed by atoms with van der Waals surface area (Å²) in [6.45, 7) is 4.13. The molecule has 0 atom stereocenters. The Morgan fingerprint density at radius 1 is 1.04 bits per heavy atom. The molecule has 24 heavy (non-hydrogen) atoms. The molecular formula is C18H25F3N2O. The third-order valence-electron chi connectivity index (χ3n) is 4.94. The molecule has 3 rings (SSSR count). The molecule has 0 saturated carbocycles. The summed E-state index contributed by atoms with van der Waals surface area (Å²) in [6, 6.07) is 6.75. The highest BCUT2D eigenvalue weighted by molar-refractivity contribution is 5.25. The third-order valence-corrected chi connectivity index (χ3v) is 4.94. The van der Waals surface area contributed by atoms with Gasteiger partial charge in [0.2, 0.25) is 0 Å². The van der Waals surface area contributed by atoms with Crippen molar-refractivity contribution in [3.8, 4) is 0 Å². The van der Waals surface area contributed by atoms with Crippen molar-refractivity contribution < 1.29 is 17.9 Å². The number of nitrogens with zero attached hydrogens (tertiary/aromatic N) is 1. The van der Waals surface area contributed by atoms with Gasteiger partial charge in [-0.2, -0.15) is 13.2 Å². The van der Waals surface area contributed by atoms with Crippen LogP contribution in [0.3, 0.4) is 0 Å². The number of benzene rings is 1. The van der Waals surface area contributed by atoms with Gasteiger partial charge < -0.3 is 10.1 Å². The monoisotopic (exact) mass is 342 g/mol. The molecule has 1 N–H and O–H groups in total. The quantitative estimate of drug-likeness (QED) is 0.907. The first-order valence-corrected chi connectivity index (χ1v) is 8.73. The maximum atomic E-state index is 12.8. The summed E-state index contributed by atoms with van der Waals surface area (Å²) in [5, 5.41) is 3.72. The van der Waals surface area contributed by atoms with Crippen LogP contribution in [0.15, 0.2) is 24.3 Å². The lowest BCUT2D eigenvalue weighted by Gasteiger charge is -2.35. The number of halogens is 3. The van der Waals surface area contributed by atoms with Crippen LogP contribution < -0.4 is 5.32 Å². The zero-order valence-corrected chi connectivity index (χ0v) is 13.8. The largest absolute Gasteiger partial charge is 0.416 e. The van der Waals surface area contributed by atoms with E-state index in [1.165, 1.54) is 12.1 Å². The van der Waals surface area contributed by atoms with Crippen LogP contribution in [0.1, 0.15) is 36.8 Å². The highest BCUT2D eigenvalue weighted by atomic mass is 19.4. The Balaban J connectivity index is 1.47. The summed E-state index contributed by atoms with van der Waals surface area (Å²) >= 11 is 0. The molecule has 2 saturated heterocycles. The van der Waals surface area contributed by atoms with E-state index in [0.717, 1.165) is 63.6 Å². The van der Waals surface area contributed by atoms with Crippen LogP contribution in [0.25, 0.3) is 0 Å². The van der Waals surface area contributed by atoms with Crippen molar-refractivity contribution in [3.63, 3.8) is 0 Å². The lowest BCUT2D eigenvalue weighted by Crippen LogP contribution is -2.47. The maximum absolute atomic E-state index is 12.8. The number of hydrogen-bond acceptors (Lipinski definition) is 3. The zero-order valence-electron chi connectivity index (χ0n) is 13.8. The van der Waals surface area contributed by atoms with Crippen LogP contribution in [0, 0.1) is 0 Å². The summed E-state index contributed by atoms with van der Waals surface area (Å²) in [4.78, 5) is 2.25. The Morgan fingerprint density at radius 3 is 2.38 bits per heavy atom. The van der Waals surface area contributed by atoms with Gasteiger partial charge in [0, 0.05) is 31.8 Å². The number of rotatable bonds is 4. The van der Waals surface area contributed by atoms with Gasteiger partial charge in [0.05, 0.1) is 5.56 Å². The number of alkyl halides is 3. The van der Waals surface area contributed by atoms with Gasteiger partial charge in [-0.1, -0.05) is 18.2 Å². The smallest absolute Gasteiger partial charge is 0.381 e. The second-order valence-corrected chi connectivity index (χ2v) is 6.80. The van der Waals surface area contributed by atoms with E-state index in [1.807, 2.05) is 0 Å². The molecule has 1 aromatic rings. The molecule has 0 radical (unpaired) electrons. The molecule has 0 amide bonds. The standard InChI is InChI=1S/C18H25F3N2O/c19-18(20,21)15-3-1-2-14(12-15)13-23-8-4-16(5-9-23)22-17-6-10-24-11-7-17/h1-3,12,16-17,22H,4-11,13H2. The molecule has 134 valence electrons. The first kappa shape index (κ1) is 17.7. The van der Waals surface area contributed by atoms with Crippen molar-refractivity contribution in [2.75, 3.05) is 26.3 Å². The Hall–Kier alpha value is -1.11. The highest BCUT2D eigenvalue weighted by Crippen LogP contribution is 2.30. The summed E-state index contributed by atoms with van der Waals surface area (Å²) < 4.78 is 43.7. The van der Waals surface area contributed by atoms with E-state index in [0.29, 0.717) is 18.6 Å². The van der Waals surface area contributed by atoms with Crippen molar-refractivity contribution in [2.24, 2.45) is 0 Å². The van der Waals surface area contributed by atoms with E-state index < -0.39 is 11.7 Å². The predicted octanol–water partition coefficient (Wildman–Crippen LogP) is 3.44. The molecular weight excluding hydrogens is 317 g/mol. The number of nitrogens with one attached hydrogen (secondary N) is 1. The van der Waals surface area contributed by atoms with E-state index >= 15 is 0 Å². The fourth-order valence-corrected chi connectivity index (χ4v) is 3.56. The molecule has 0 aromatic heterocycles. The third kappa shape index (κ3) is 4.94. The minimum Gasteiger partial charge on any atom is -0.381 e. The van der Waals surface area contributed by atoms with E-state index in [4.69, 9.17) is 4.74 Å². The molecule has 3 nitrogen and oxygen atoms in total. The van der Waals surface area contributed by atoms with Gasteiger partial charge in [0.25, 0.3) is 0 Å². The number of ether oxygens (including phenoxy) is 1. The normalized spacial score (nSPS) is 22.0. The lowest BCUT2D eigenvalue weighted by molar-refractivity contribution is -0.137. The van der Waals surface area contributed by atoms with Gasteiger partial charge in [-0.05, 0) is 50.4 Å². The van der Waals surface area contributed by atoms with Gasteiger partial charge in [-0.15, -0.1) is 0 Å². The Kier molecular flexibility index (Phi) is 5.79. The van der Waals surface area contributed by atoms with Gasteiger partial charge in [0.15, 0.2) is 0 Å². The summed E-state index contributed by atoms with van der Waals surface area (Å²) in [5.41, 5.74) is 0.178. The van der Waals surface area contributed by atoms with E-state index in [-0.39, 0.29) is 0 Å². The Bertz CT molecular complexity index is 521. The fourth-order valence-electron chi connectivity index (χ4n) is 3.56. The molecule has 0 bridgehead atoms. The molecule has 1 aromatic carbocycles. The topological polar surface area (TPSA) is 24.5 Å². The van der Waals surface area contributed by atoms with Crippen LogP contribution in [-0.2, 0) is 17.5 Å². The Morgan fingerprint density at radius 2 is 1.71 bits per heavy atom. The van der Waals surface area contributed by atoms with Crippen LogP contribution in [-0.4, -0.2) is 43.3 Å². The van der Waals surface area contributed by atoms with Crippen molar-refractivity contribution in [1.29, 1.82) is 0 Å². The molecule has 0 aliphatic carbocycles. The maximum Gasteiger partial charge on any atom is 0.416 e. The van der Waals surface area contributed by atoms with Crippen LogP contribution in [0.2, 0.25) is 0 Å². The summed E-state index contributed by atoms with van der Waals surface area (Å²) in [5.74, 6) is 0. The first-order valence-electron chi connectivity index (χ1n) is 8.73. The summed E-state index contributed by atoms with van der Waals surface area (Å²) in [6.07, 6.45) is -0.0157. The van der Waals surface area contributed by atoms with E-state index in [2.05, 4.69) is 10.2 Å². The molecule has 2 aliphatic heterocycles. The lowest BCUT2D eigenvalue weighted by atomic mass is 10.0. The number of piperidine rings is 1. The second kappa shape index (κ2) is 7.85. The van der Waals surface area contributed by atoms with Gasteiger partial charge in [0.1, 0.15) is 0 Å². The van der Waals surface area contributed by atoms with Gasteiger partial charge >= 0.3 is 6.18 Å². The van der Waals surface area contributed by atoms with Crippen molar-refractivity contribution in [2.45, 2.75) is 50.5 Å². The van der Waals surface area contributed by atoms with Gasteiger partial charge in [-0.25, -0.2) is 0 Å². The minimum atomic E-state index is -4.27. The SMILES string of the molecule is FC(F)(F)c1cccc(CN2CCC(NC3CCOCC3)CC2)c1. The molecule has 0 spiro atoms. The average Bonchev–Trinajstić information content (AvgIpc) is 2.57. The number of likely N-dealkylation sites (tertiary alicyclic amines) is 1. The minimum absolute atomic E-state index is 0.519. The first-order chi connectivity index (χ1) is 11.5. The van der Waals surface area contributed by atoms with Crippen LogP contribution >= 0.6 is 0 Å². The molecule has 2 aliphatic rings. The van der Waals surface area contributed by atoms with Gasteiger partial charge in [-0.3, -0.25) is 4.90 Å². The molecule has 2 heterocycles. The molecule has 0 unspecified atom stereocenters. The van der Waals surface area contributed by atoms with Crippen molar-refractivity contribution >= 4 is 0 Å². The molecule has 2 fully saturated rings. The van der Waals surface area contributed by atoms with E-state index in [9.17, 15) is 13.2 Å². The van der Waals surface area contributed by atoms with Crippen LogP contribution in [0.4, 0.5) is 13.2 Å². The Labute approximate surface area is 141 Å². The highest BCUT2D eigenvalue weighted by Gasteiger charge is 2.30. The van der Waals surface area contributed by atoms with Crippen LogP contribution in [0.5, 0.6) is 0 Å². The predicted molar refractivity (Wildman–Crippen MR) is 86.7 cm³/mol. The van der Waals surface area contributed by atoms with Crippen molar-refractivity contribution in [3.05, 3.63) is 35.4 Å². The second-order valence-electron chi connectivity index (χ2n) is 6.80. The zero-order chi connectivity index (χ0) is 17.0. The fraction of sp³-hybridized carbons (Fsp3) is 0.667.